The topological polar surface area (TPSA) is 15.6 Å². The van der Waals surface area contributed by atoms with E-state index in [2.05, 4.69) is 30.0 Å². The molecule has 2 aliphatic heterocycles. The van der Waals surface area contributed by atoms with Crippen molar-refractivity contribution in [2.45, 2.75) is 57.5 Å². The van der Waals surface area contributed by atoms with Gasteiger partial charge in [-0.2, -0.15) is 0 Å². The van der Waals surface area contributed by atoms with Gasteiger partial charge in [0, 0.05) is 19.3 Å². The third-order valence-electron chi connectivity index (χ3n) is 4.22. The first-order valence-electron chi connectivity index (χ1n) is 6.33. The fraction of sp³-hybridized carbons (Fsp3) is 0.923. The average molecular weight is 208 g/mol. The highest BCUT2D eigenvalue weighted by atomic mass is 15.2. The summed E-state index contributed by atoms with van der Waals surface area (Å²) in [5, 5.41) is 0. The van der Waals surface area contributed by atoms with Crippen LogP contribution < -0.4 is 0 Å². The summed E-state index contributed by atoms with van der Waals surface area (Å²) in [5.74, 6) is 1.01. The summed E-state index contributed by atoms with van der Waals surface area (Å²) in [4.78, 5) is 6.92. The summed E-state index contributed by atoms with van der Waals surface area (Å²) in [6.45, 7) is 5.88. The molecule has 15 heavy (non-hydrogen) atoms. The molecule has 3 fully saturated rings. The Labute approximate surface area is 93.8 Å². The zero-order chi connectivity index (χ0) is 10.9. The molecule has 3 rings (SSSR count). The van der Waals surface area contributed by atoms with Crippen LogP contribution in [0.5, 0.6) is 0 Å². The highest BCUT2D eigenvalue weighted by Gasteiger charge is 2.36. The van der Waals surface area contributed by atoms with Crippen molar-refractivity contribution in [3.8, 4) is 0 Å². The van der Waals surface area contributed by atoms with Gasteiger partial charge in [0.2, 0.25) is 0 Å². The Hall–Kier alpha value is -0.370. The highest BCUT2D eigenvalue weighted by Crippen LogP contribution is 2.36. The van der Waals surface area contributed by atoms with Crippen LogP contribution in [0.15, 0.2) is 4.99 Å². The second kappa shape index (κ2) is 4.25. The zero-order valence-electron chi connectivity index (χ0n) is 10.4. The third kappa shape index (κ3) is 2.25. The number of aliphatic imine (C=N–C) groups is 1. The van der Waals surface area contributed by atoms with E-state index in [1.807, 2.05) is 7.05 Å². The summed E-state index contributed by atoms with van der Waals surface area (Å²) < 4.78 is 0. The van der Waals surface area contributed by atoms with Gasteiger partial charge in [-0.1, -0.05) is 0 Å². The minimum absolute atomic E-state index is 0.151. The van der Waals surface area contributed by atoms with E-state index in [0.717, 1.165) is 12.0 Å². The van der Waals surface area contributed by atoms with Gasteiger partial charge in [0.1, 0.15) is 0 Å². The maximum atomic E-state index is 4.23. The van der Waals surface area contributed by atoms with Gasteiger partial charge in [-0.05, 0) is 58.4 Å². The van der Waals surface area contributed by atoms with Crippen molar-refractivity contribution in [2.75, 3.05) is 13.6 Å². The fourth-order valence-corrected chi connectivity index (χ4v) is 3.40. The van der Waals surface area contributed by atoms with Gasteiger partial charge < -0.3 is 0 Å². The Morgan fingerprint density at radius 1 is 1.13 bits per heavy atom. The molecule has 0 amide bonds. The van der Waals surface area contributed by atoms with E-state index in [1.165, 1.54) is 38.6 Å². The second-order valence-electron chi connectivity index (χ2n) is 5.70. The van der Waals surface area contributed by atoms with Crippen molar-refractivity contribution >= 4 is 6.21 Å². The molecular weight excluding hydrogens is 184 g/mol. The molecular formula is C13H24N2. The van der Waals surface area contributed by atoms with E-state index in [4.69, 9.17) is 0 Å². The second-order valence-corrected chi connectivity index (χ2v) is 5.70. The van der Waals surface area contributed by atoms with Crippen LogP contribution in [0, 0.1) is 5.92 Å². The van der Waals surface area contributed by atoms with E-state index < -0.39 is 0 Å². The van der Waals surface area contributed by atoms with Gasteiger partial charge in [-0.3, -0.25) is 9.89 Å². The monoisotopic (exact) mass is 208 g/mol. The standard InChI is InChI=1S/C13H24N2/c1-13(2,10-14-3)15-9-8-11-4-6-12(15)7-5-11/h10-12H,4-9H2,1-3H3. The highest BCUT2D eigenvalue weighted by molar-refractivity contribution is 5.68. The van der Waals surface area contributed by atoms with E-state index in [9.17, 15) is 0 Å². The molecule has 0 aromatic rings. The normalized spacial score (nSPS) is 33.5. The molecule has 86 valence electrons. The van der Waals surface area contributed by atoms with Gasteiger partial charge >= 0.3 is 0 Å². The first-order chi connectivity index (χ1) is 7.13. The maximum Gasteiger partial charge on any atom is 0.0505 e. The molecule has 3 aliphatic rings. The molecule has 0 spiro atoms. The predicted molar refractivity (Wildman–Crippen MR) is 65.6 cm³/mol. The Kier molecular flexibility index (Phi) is 3.15. The van der Waals surface area contributed by atoms with Crippen molar-refractivity contribution in [3.63, 3.8) is 0 Å². The molecule has 2 heteroatoms. The molecule has 2 heterocycles. The summed E-state index contributed by atoms with van der Waals surface area (Å²) in [7, 11) is 1.89. The van der Waals surface area contributed by atoms with E-state index in [1.54, 1.807) is 0 Å². The van der Waals surface area contributed by atoms with Crippen molar-refractivity contribution in [1.29, 1.82) is 0 Å². The number of hydrogen-bond donors (Lipinski definition) is 0. The molecule has 0 aromatic carbocycles. The van der Waals surface area contributed by atoms with Crippen LogP contribution in [0.25, 0.3) is 0 Å². The number of nitrogens with zero attached hydrogens (tertiary/aromatic N) is 2. The van der Waals surface area contributed by atoms with E-state index in [-0.39, 0.29) is 5.54 Å². The van der Waals surface area contributed by atoms with Crippen molar-refractivity contribution < 1.29 is 0 Å². The molecule has 2 nitrogen and oxygen atoms in total. The SMILES string of the molecule is CN=CC(C)(C)N1CCC2CCC1CC2. The van der Waals surface area contributed by atoms with E-state index >= 15 is 0 Å². The first-order valence-corrected chi connectivity index (χ1v) is 6.33. The summed E-state index contributed by atoms with van der Waals surface area (Å²) in [6.07, 6.45) is 9.25. The van der Waals surface area contributed by atoms with Crippen molar-refractivity contribution in [1.82, 2.24) is 4.90 Å². The molecule has 0 radical (unpaired) electrons. The Morgan fingerprint density at radius 2 is 1.80 bits per heavy atom. The number of hydrogen-bond acceptors (Lipinski definition) is 2. The van der Waals surface area contributed by atoms with Gasteiger partial charge in [-0.25, -0.2) is 0 Å². The minimum Gasteiger partial charge on any atom is -0.299 e. The van der Waals surface area contributed by atoms with Crippen LogP contribution in [-0.2, 0) is 0 Å². The summed E-state index contributed by atoms with van der Waals surface area (Å²) in [5.41, 5.74) is 0.151. The van der Waals surface area contributed by atoms with Crippen LogP contribution in [-0.4, -0.2) is 36.3 Å². The van der Waals surface area contributed by atoms with Crippen LogP contribution in [0.3, 0.4) is 0 Å². The summed E-state index contributed by atoms with van der Waals surface area (Å²) >= 11 is 0. The lowest BCUT2D eigenvalue weighted by Crippen LogP contribution is -2.50. The summed E-state index contributed by atoms with van der Waals surface area (Å²) in [6, 6.07) is 0.816. The molecule has 0 aromatic heterocycles. The Bertz CT molecular complexity index is 237. The molecule has 1 saturated carbocycles. The fourth-order valence-electron chi connectivity index (χ4n) is 3.40. The van der Waals surface area contributed by atoms with Gasteiger partial charge in [0.15, 0.2) is 0 Å². The van der Waals surface area contributed by atoms with Crippen LogP contribution >= 0.6 is 0 Å². The predicted octanol–water partition coefficient (Wildman–Crippen LogP) is 2.73. The molecule has 1 aliphatic carbocycles. The Balaban J connectivity index is 2.14. The van der Waals surface area contributed by atoms with Crippen molar-refractivity contribution in [3.05, 3.63) is 0 Å². The molecule has 2 saturated heterocycles. The largest absolute Gasteiger partial charge is 0.299 e. The quantitative estimate of drug-likeness (QED) is 0.637. The van der Waals surface area contributed by atoms with Gasteiger partial charge in [0.25, 0.3) is 0 Å². The first kappa shape index (κ1) is 11.1. The number of fused-ring (bicyclic) bond motifs is 4. The lowest BCUT2D eigenvalue weighted by Gasteiger charge is -2.40. The maximum absolute atomic E-state index is 4.23. The van der Waals surface area contributed by atoms with Gasteiger partial charge in [-0.15, -0.1) is 0 Å². The molecule has 0 atom stereocenters. The van der Waals surface area contributed by atoms with Crippen LogP contribution in [0.1, 0.15) is 46.0 Å². The minimum atomic E-state index is 0.151. The molecule has 2 bridgehead atoms. The Morgan fingerprint density at radius 3 is 2.40 bits per heavy atom. The third-order valence-corrected chi connectivity index (χ3v) is 4.22. The zero-order valence-corrected chi connectivity index (χ0v) is 10.4. The van der Waals surface area contributed by atoms with Crippen LogP contribution in [0.2, 0.25) is 0 Å². The lowest BCUT2D eigenvalue weighted by atomic mass is 9.86. The van der Waals surface area contributed by atoms with Crippen molar-refractivity contribution in [2.24, 2.45) is 10.9 Å². The van der Waals surface area contributed by atoms with Crippen LogP contribution in [0.4, 0.5) is 0 Å². The average Bonchev–Trinajstić information content (AvgIpc) is 2.50. The lowest BCUT2D eigenvalue weighted by molar-refractivity contribution is 0.116. The van der Waals surface area contributed by atoms with Gasteiger partial charge in [0.05, 0.1) is 5.54 Å². The molecule has 0 unspecified atom stereocenters. The number of rotatable bonds is 2. The van der Waals surface area contributed by atoms with E-state index in [0.29, 0.717) is 0 Å². The smallest absolute Gasteiger partial charge is 0.0505 e. The molecule has 0 N–H and O–H groups in total.